The third-order valence-electron chi connectivity index (χ3n) is 6.96. The molecule has 0 aliphatic carbocycles. The van der Waals surface area contributed by atoms with Gasteiger partial charge in [-0.25, -0.2) is 0 Å². The lowest BCUT2D eigenvalue weighted by Gasteiger charge is -2.30. The second-order valence-electron chi connectivity index (χ2n) is 12.3. The fourth-order valence-corrected chi connectivity index (χ4v) is 6.12. The molecule has 4 rings (SSSR count). The van der Waals surface area contributed by atoms with Gasteiger partial charge in [-0.05, 0) is 64.9 Å². The molecule has 39 heavy (non-hydrogen) atoms. The zero-order chi connectivity index (χ0) is 28.2. The number of ether oxygens (including phenoxy) is 1. The van der Waals surface area contributed by atoms with Gasteiger partial charge >= 0.3 is 0 Å². The van der Waals surface area contributed by atoms with E-state index in [1.807, 2.05) is 24.3 Å². The Kier molecular flexibility index (Phi) is 8.77. The topological polar surface area (TPSA) is 21.6 Å². The highest BCUT2D eigenvalue weighted by atomic mass is 31.1. The van der Waals surface area contributed by atoms with Crippen molar-refractivity contribution < 1.29 is 4.74 Å². The summed E-state index contributed by atoms with van der Waals surface area (Å²) in [5, 5.41) is 2.58. The molecule has 1 atom stereocenters. The summed E-state index contributed by atoms with van der Waals surface area (Å²) in [6.45, 7) is 18.6. The van der Waals surface area contributed by atoms with Gasteiger partial charge in [0.25, 0.3) is 0 Å². The number of aliphatic imine (C=N–C) groups is 1. The van der Waals surface area contributed by atoms with E-state index in [-0.39, 0.29) is 10.8 Å². The number of hydrogen-bond acceptors (Lipinski definition) is 2. The Bertz CT molecular complexity index is 1440. The number of rotatable bonds is 7. The van der Waals surface area contributed by atoms with Crippen LogP contribution in [0.2, 0.25) is 0 Å². The number of aryl methyl sites for hydroxylation is 1. The van der Waals surface area contributed by atoms with E-state index in [0.717, 1.165) is 17.1 Å². The van der Waals surface area contributed by atoms with E-state index < -0.39 is 0 Å². The highest BCUT2D eigenvalue weighted by Gasteiger charge is 2.27. The van der Waals surface area contributed by atoms with Crippen LogP contribution in [0.5, 0.6) is 5.75 Å². The molecule has 0 aliphatic rings. The first-order valence-corrected chi connectivity index (χ1v) is 14.8. The van der Waals surface area contributed by atoms with Crippen LogP contribution >= 0.6 is 8.58 Å². The average molecular weight is 536 g/mol. The molecular formula is C36H42NOP. The summed E-state index contributed by atoms with van der Waals surface area (Å²) in [7, 11) is 0.439. The largest absolute Gasteiger partial charge is 0.488 e. The minimum absolute atomic E-state index is 0.0242. The summed E-state index contributed by atoms with van der Waals surface area (Å²) in [6.07, 6.45) is 0. The Balaban J connectivity index is 1.86. The van der Waals surface area contributed by atoms with Crippen LogP contribution < -0.4 is 15.3 Å². The highest BCUT2D eigenvalue weighted by Crippen LogP contribution is 2.38. The van der Waals surface area contributed by atoms with Gasteiger partial charge in [-0.15, -0.1) is 0 Å². The maximum Gasteiger partial charge on any atom is 0.131 e. The monoisotopic (exact) mass is 535 g/mol. The van der Waals surface area contributed by atoms with Crippen LogP contribution in [0, 0.1) is 6.92 Å². The van der Waals surface area contributed by atoms with Crippen LogP contribution in [-0.2, 0) is 17.4 Å². The Labute approximate surface area is 237 Å². The molecule has 0 N–H and O–H groups in total. The molecule has 0 saturated carbocycles. The van der Waals surface area contributed by atoms with Crippen LogP contribution in [-0.4, -0.2) is 5.71 Å². The average Bonchev–Trinajstić information content (AvgIpc) is 2.88. The number of hydrogen-bond donors (Lipinski definition) is 0. The molecule has 0 radical (unpaired) electrons. The van der Waals surface area contributed by atoms with Crippen molar-refractivity contribution in [2.45, 2.75) is 72.8 Å². The van der Waals surface area contributed by atoms with E-state index >= 15 is 0 Å². The van der Waals surface area contributed by atoms with Crippen molar-refractivity contribution in [1.82, 2.24) is 0 Å². The first kappa shape index (κ1) is 28.8. The Morgan fingerprint density at radius 2 is 1.41 bits per heavy atom. The second kappa shape index (κ2) is 11.9. The molecule has 0 aliphatic heterocycles. The van der Waals surface area contributed by atoms with Gasteiger partial charge in [0.15, 0.2) is 0 Å². The standard InChI is InChI=1S/C36H42NOP/c1-25-16-15-21-30(26(2)37-29-19-13-10-14-20-29)34(25)39-32-23-28(35(3,4)5)22-31(36(6,7)8)33(32)38-24-27-17-11-9-12-18-27/h9-23,39H,24H2,1-8H3/b37-26+. The van der Waals surface area contributed by atoms with Gasteiger partial charge in [-0.2, -0.15) is 0 Å². The van der Waals surface area contributed by atoms with Crippen LogP contribution in [0.1, 0.15) is 76.3 Å². The molecule has 4 aromatic carbocycles. The van der Waals surface area contributed by atoms with Gasteiger partial charge in [0.2, 0.25) is 0 Å². The number of nitrogens with zero attached hydrogens (tertiary/aromatic N) is 1. The molecule has 202 valence electrons. The number of benzene rings is 4. The van der Waals surface area contributed by atoms with Crippen molar-refractivity contribution in [3.63, 3.8) is 0 Å². The lowest BCUT2D eigenvalue weighted by Crippen LogP contribution is -2.24. The number of para-hydroxylation sites is 1. The molecular weight excluding hydrogens is 493 g/mol. The first-order chi connectivity index (χ1) is 18.4. The Hall–Kier alpha value is -3.22. The summed E-state index contributed by atoms with van der Waals surface area (Å²) in [6, 6.07) is 32.0. The summed E-state index contributed by atoms with van der Waals surface area (Å²) in [5.74, 6) is 1.02. The smallest absolute Gasteiger partial charge is 0.131 e. The van der Waals surface area contributed by atoms with Crippen molar-refractivity contribution in [3.05, 3.63) is 119 Å². The molecule has 0 amide bonds. The van der Waals surface area contributed by atoms with Crippen molar-refractivity contribution in [3.8, 4) is 5.75 Å². The van der Waals surface area contributed by atoms with E-state index in [9.17, 15) is 0 Å². The van der Waals surface area contributed by atoms with E-state index in [0.29, 0.717) is 15.2 Å². The van der Waals surface area contributed by atoms with Gasteiger partial charge in [0.05, 0.1) is 5.69 Å². The second-order valence-corrected chi connectivity index (χ2v) is 13.6. The fraction of sp³-hybridized carbons (Fsp3) is 0.306. The van der Waals surface area contributed by atoms with Gasteiger partial charge in [-0.1, -0.05) is 123 Å². The fourth-order valence-electron chi connectivity index (χ4n) is 4.62. The van der Waals surface area contributed by atoms with Crippen molar-refractivity contribution in [1.29, 1.82) is 0 Å². The van der Waals surface area contributed by atoms with Crippen molar-refractivity contribution >= 4 is 30.6 Å². The predicted octanol–water partition coefficient (Wildman–Crippen LogP) is 8.94. The van der Waals surface area contributed by atoms with E-state index in [2.05, 4.69) is 122 Å². The molecule has 0 saturated heterocycles. The van der Waals surface area contributed by atoms with E-state index in [1.54, 1.807) is 0 Å². The van der Waals surface area contributed by atoms with Crippen LogP contribution in [0.4, 0.5) is 5.69 Å². The van der Waals surface area contributed by atoms with Crippen molar-refractivity contribution in [2.75, 3.05) is 0 Å². The minimum Gasteiger partial charge on any atom is -0.488 e. The summed E-state index contributed by atoms with van der Waals surface area (Å²) in [5.41, 5.74) is 8.22. The maximum atomic E-state index is 6.73. The quantitative estimate of drug-likeness (QED) is 0.171. The third kappa shape index (κ3) is 7.25. The SMILES string of the molecule is C/C(=N\c1ccccc1)c1cccc(C)c1Pc1cc(C(C)(C)C)cc(C(C)(C)C)c1OCc1ccccc1. The predicted molar refractivity (Wildman–Crippen MR) is 172 cm³/mol. The minimum atomic E-state index is -0.0637. The summed E-state index contributed by atoms with van der Waals surface area (Å²) in [4.78, 5) is 4.97. The molecule has 0 aromatic heterocycles. The summed E-state index contributed by atoms with van der Waals surface area (Å²) >= 11 is 0. The molecule has 2 nitrogen and oxygen atoms in total. The van der Waals surface area contributed by atoms with Gasteiger partial charge in [0.1, 0.15) is 12.4 Å². The lowest BCUT2D eigenvalue weighted by molar-refractivity contribution is 0.300. The van der Waals surface area contributed by atoms with E-state index in [4.69, 9.17) is 9.73 Å². The molecule has 0 bridgehead atoms. The Morgan fingerprint density at radius 3 is 2.03 bits per heavy atom. The molecule has 0 spiro atoms. The normalized spacial score (nSPS) is 12.8. The van der Waals surface area contributed by atoms with Gasteiger partial charge in [-0.3, -0.25) is 4.99 Å². The van der Waals surface area contributed by atoms with Gasteiger partial charge in [0, 0.05) is 22.1 Å². The zero-order valence-electron chi connectivity index (χ0n) is 24.7. The third-order valence-corrected chi connectivity index (χ3v) is 8.52. The van der Waals surface area contributed by atoms with Crippen LogP contribution in [0.15, 0.2) is 96.0 Å². The molecule has 0 heterocycles. The highest BCUT2D eigenvalue weighted by molar-refractivity contribution is 7.56. The molecule has 1 unspecified atom stereocenters. The zero-order valence-corrected chi connectivity index (χ0v) is 25.7. The van der Waals surface area contributed by atoms with Crippen molar-refractivity contribution in [2.24, 2.45) is 4.99 Å². The first-order valence-electron chi connectivity index (χ1n) is 13.8. The van der Waals surface area contributed by atoms with Gasteiger partial charge < -0.3 is 4.74 Å². The van der Waals surface area contributed by atoms with E-state index in [1.165, 1.54) is 38.4 Å². The molecule has 4 aromatic rings. The molecule has 3 heteroatoms. The molecule has 0 fully saturated rings. The lowest BCUT2D eigenvalue weighted by atomic mass is 9.80. The maximum absolute atomic E-state index is 6.73. The van der Waals surface area contributed by atoms with Crippen LogP contribution in [0.3, 0.4) is 0 Å². The summed E-state index contributed by atoms with van der Waals surface area (Å²) < 4.78 is 6.73. The Morgan fingerprint density at radius 1 is 0.769 bits per heavy atom. The van der Waals surface area contributed by atoms with Crippen LogP contribution in [0.25, 0.3) is 0 Å².